The zero-order valence-electron chi connectivity index (χ0n) is 14.9. The van der Waals surface area contributed by atoms with Crippen molar-refractivity contribution < 1.29 is 0 Å². The lowest BCUT2D eigenvalue weighted by Gasteiger charge is -2.22. The molecule has 0 aliphatic heterocycles. The molecular weight excluding hydrogens is 316 g/mol. The Bertz CT molecular complexity index is 650. The Morgan fingerprint density at radius 3 is 2.46 bits per heavy atom. The average molecular weight is 343 g/mol. The number of nitrogens with one attached hydrogen (secondary N) is 1. The van der Waals surface area contributed by atoms with Gasteiger partial charge >= 0.3 is 0 Å². The van der Waals surface area contributed by atoms with Crippen molar-refractivity contribution in [2.75, 3.05) is 26.9 Å². The molecule has 0 unspecified atom stereocenters. The standard InChI is InChI=1S/C19H26N4S/c1-15-5-6-16(13-22-15)11-12-21-19(20-2)23(3)14-17-7-9-18(24-4)10-8-17/h5-10,13H,11-12,14H2,1-4H3,(H,20,21). The molecule has 24 heavy (non-hydrogen) atoms. The summed E-state index contributed by atoms with van der Waals surface area (Å²) in [6.07, 6.45) is 4.97. The van der Waals surface area contributed by atoms with E-state index >= 15 is 0 Å². The highest BCUT2D eigenvalue weighted by molar-refractivity contribution is 7.98. The van der Waals surface area contributed by atoms with Crippen molar-refractivity contribution >= 4 is 17.7 Å². The van der Waals surface area contributed by atoms with Crippen LogP contribution in [0, 0.1) is 6.92 Å². The number of nitrogens with zero attached hydrogens (tertiary/aromatic N) is 3. The quantitative estimate of drug-likeness (QED) is 0.496. The lowest BCUT2D eigenvalue weighted by molar-refractivity contribution is 0.477. The Kier molecular flexibility index (Phi) is 7.12. The van der Waals surface area contributed by atoms with Crippen LogP contribution in [0.4, 0.5) is 0 Å². The summed E-state index contributed by atoms with van der Waals surface area (Å²) in [6.45, 7) is 3.68. The Balaban J connectivity index is 1.84. The fourth-order valence-electron chi connectivity index (χ4n) is 2.43. The van der Waals surface area contributed by atoms with Gasteiger partial charge in [0, 0.05) is 44.0 Å². The van der Waals surface area contributed by atoms with Gasteiger partial charge in [0.15, 0.2) is 5.96 Å². The number of pyridine rings is 1. The molecule has 0 bridgehead atoms. The minimum Gasteiger partial charge on any atom is -0.356 e. The van der Waals surface area contributed by atoms with E-state index in [1.54, 1.807) is 11.8 Å². The van der Waals surface area contributed by atoms with E-state index in [4.69, 9.17) is 0 Å². The molecular formula is C19H26N4S. The maximum atomic E-state index is 4.37. The van der Waals surface area contributed by atoms with Crippen LogP contribution in [0.2, 0.25) is 0 Å². The monoisotopic (exact) mass is 342 g/mol. The fourth-order valence-corrected chi connectivity index (χ4v) is 2.84. The Labute approximate surface area is 149 Å². The van der Waals surface area contributed by atoms with Crippen LogP contribution in [0.3, 0.4) is 0 Å². The highest BCUT2D eigenvalue weighted by atomic mass is 32.2. The van der Waals surface area contributed by atoms with Crippen LogP contribution in [0.5, 0.6) is 0 Å². The molecule has 2 rings (SSSR count). The first-order valence-corrected chi connectivity index (χ1v) is 9.31. The summed E-state index contributed by atoms with van der Waals surface area (Å²) in [7, 11) is 3.88. The van der Waals surface area contributed by atoms with Crippen LogP contribution in [0.15, 0.2) is 52.5 Å². The Morgan fingerprint density at radius 1 is 1.17 bits per heavy atom. The van der Waals surface area contributed by atoms with Gasteiger partial charge in [-0.25, -0.2) is 0 Å². The van der Waals surface area contributed by atoms with Crippen LogP contribution in [-0.2, 0) is 13.0 Å². The van der Waals surface area contributed by atoms with E-state index < -0.39 is 0 Å². The molecule has 0 saturated carbocycles. The smallest absolute Gasteiger partial charge is 0.193 e. The second-order valence-electron chi connectivity index (χ2n) is 5.74. The summed E-state index contributed by atoms with van der Waals surface area (Å²) in [4.78, 5) is 12.1. The average Bonchev–Trinajstić information content (AvgIpc) is 2.61. The van der Waals surface area contributed by atoms with Gasteiger partial charge in [0.2, 0.25) is 0 Å². The molecule has 0 amide bonds. The first-order valence-electron chi connectivity index (χ1n) is 8.08. The zero-order valence-corrected chi connectivity index (χ0v) is 15.7. The molecule has 0 aliphatic carbocycles. The third-order valence-electron chi connectivity index (χ3n) is 3.82. The van der Waals surface area contributed by atoms with Crippen molar-refractivity contribution in [1.82, 2.24) is 15.2 Å². The van der Waals surface area contributed by atoms with Gasteiger partial charge in [0.25, 0.3) is 0 Å². The molecule has 1 aromatic heterocycles. The van der Waals surface area contributed by atoms with Crippen molar-refractivity contribution in [1.29, 1.82) is 0 Å². The van der Waals surface area contributed by atoms with E-state index in [0.29, 0.717) is 0 Å². The van der Waals surface area contributed by atoms with E-state index in [1.807, 2.05) is 20.2 Å². The largest absolute Gasteiger partial charge is 0.356 e. The summed E-state index contributed by atoms with van der Waals surface area (Å²) in [5, 5.41) is 3.42. The first kappa shape index (κ1) is 18.3. The molecule has 5 heteroatoms. The van der Waals surface area contributed by atoms with Gasteiger partial charge in [-0.1, -0.05) is 18.2 Å². The number of aliphatic imine (C=N–C) groups is 1. The van der Waals surface area contributed by atoms with Gasteiger partial charge in [-0.15, -0.1) is 11.8 Å². The van der Waals surface area contributed by atoms with Gasteiger partial charge in [-0.05, 0) is 48.9 Å². The first-order chi connectivity index (χ1) is 11.6. The predicted molar refractivity (Wildman–Crippen MR) is 104 cm³/mol. The van der Waals surface area contributed by atoms with E-state index in [1.165, 1.54) is 16.0 Å². The molecule has 0 radical (unpaired) electrons. The van der Waals surface area contributed by atoms with E-state index in [9.17, 15) is 0 Å². The van der Waals surface area contributed by atoms with Gasteiger partial charge in [0.05, 0.1) is 0 Å². The highest BCUT2D eigenvalue weighted by Gasteiger charge is 2.06. The second-order valence-corrected chi connectivity index (χ2v) is 6.62. The van der Waals surface area contributed by atoms with Crippen molar-refractivity contribution in [3.8, 4) is 0 Å². The molecule has 2 aromatic rings. The summed E-state index contributed by atoms with van der Waals surface area (Å²) in [5.74, 6) is 0.906. The topological polar surface area (TPSA) is 40.5 Å². The van der Waals surface area contributed by atoms with Crippen LogP contribution < -0.4 is 5.32 Å². The summed E-state index contributed by atoms with van der Waals surface area (Å²) < 4.78 is 0. The number of aromatic nitrogens is 1. The van der Waals surface area contributed by atoms with Crippen molar-refractivity contribution in [2.24, 2.45) is 4.99 Å². The Hall–Kier alpha value is -2.01. The maximum absolute atomic E-state index is 4.37. The number of rotatable bonds is 6. The van der Waals surface area contributed by atoms with Gasteiger partial charge in [-0.3, -0.25) is 9.98 Å². The molecule has 1 aromatic carbocycles. The normalized spacial score (nSPS) is 11.4. The molecule has 1 N–H and O–H groups in total. The molecule has 128 valence electrons. The van der Waals surface area contributed by atoms with Crippen LogP contribution in [-0.4, -0.2) is 42.7 Å². The Morgan fingerprint density at radius 2 is 1.88 bits per heavy atom. The number of benzene rings is 1. The number of hydrogen-bond acceptors (Lipinski definition) is 3. The third-order valence-corrected chi connectivity index (χ3v) is 4.57. The molecule has 0 spiro atoms. The minimum atomic E-state index is 0.834. The fraction of sp³-hybridized carbons (Fsp3) is 0.368. The number of guanidine groups is 1. The van der Waals surface area contributed by atoms with Gasteiger partial charge in [0.1, 0.15) is 0 Å². The van der Waals surface area contributed by atoms with E-state index in [2.05, 4.69) is 69.9 Å². The second kappa shape index (κ2) is 9.33. The maximum Gasteiger partial charge on any atom is 0.193 e. The number of hydrogen-bond donors (Lipinski definition) is 1. The van der Waals surface area contributed by atoms with Crippen molar-refractivity contribution in [2.45, 2.75) is 24.8 Å². The highest BCUT2D eigenvalue weighted by Crippen LogP contribution is 2.15. The van der Waals surface area contributed by atoms with Crippen molar-refractivity contribution in [3.63, 3.8) is 0 Å². The lowest BCUT2D eigenvalue weighted by Crippen LogP contribution is -2.39. The molecule has 1 heterocycles. The lowest BCUT2D eigenvalue weighted by atomic mass is 10.2. The molecule has 0 atom stereocenters. The van der Waals surface area contributed by atoms with Gasteiger partial charge in [-0.2, -0.15) is 0 Å². The number of thioether (sulfide) groups is 1. The van der Waals surface area contributed by atoms with E-state index in [-0.39, 0.29) is 0 Å². The molecule has 0 saturated heterocycles. The van der Waals surface area contributed by atoms with Crippen molar-refractivity contribution in [3.05, 3.63) is 59.4 Å². The summed E-state index contributed by atoms with van der Waals surface area (Å²) in [5.41, 5.74) is 3.56. The van der Waals surface area contributed by atoms with Crippen LogP contribution in [0.25, 0.3) is 0 Å². The zero-order chi connectivity index (χ0) is 17.4. The molecule has 0 aliphatic rings. The predicted octanol–water partition coefficient (Wildman–Crippen LogP) is 3.36. The van der Waals surface area contributed by atoms with E-state index in [0.717, 1.165) is 31.2 Å². The van der Waals surface area contributed by atoms with Crippen LogP contribution in [0.1, 0.15) is 16.8 Å². The SMILES string of the molecule is CN=C(NCCc1ccc(C)nc1)N(C)Cc1ccc(SC)cc1. The molecule has 0 fully saturated rings. The summed E-state index contributed by atoms with van der Waals surface area (Å²) >= 11 is 1.76. The number of aryl methyl sites for hydroxylation is 1. The minimum absolute atomic E-state index is 0.834. The summed E-state index contributed by atoms with van der Waals surface area (Å²) in [6, 6.07) is 12.8. The van der Waals surface area contributed by atoms with Crippen LogP contribution >= 0.6 is 11.8 Å². The third kappa shape index (κ3) is 5.57. The molecule has 4 nitrogen and oxygen atoms in total. The van der Waals surface area contributed by atoms with Gasteiger partial charge < -0.3 is 10.2 Å².